The Hall–Kier alpha value is -2.34. The summed E-state index contributed by atoms with van der Waals surface area (Å²) in [5.74, 6) is -0.687. The smallest absolute Gasteiger partial charge is 0.340 e. The highest BCUT2D eigenvalue weighted by Crippen LogP contribution is 2.26. The van der Waals surface area contributed by atoms with Gasteiger partial charge in [-0.15, -0.1) is 0 Å². The average Bonchev–Trinajstić information content (AvgIpc) is 2.45. The van der Waals surface area contributed by atoms with Crippen molar-refractivity contribution in [2.45, 2.75) is 6.92 Å². The highest BCUT2D eigenvalue weighted by atomic mass is 35.5. The van der Waals surface area contributed by atoms with Gasteiger partial charge in [-0.2, -0.15) is 0 Å². The Kier molecular flexibility index (Phi) is 4.59. The number of carbonyl (C=O) groups excluding carboxylic acids is 1. The van der Waals surface area contributed by atoms with E-state index in [0.717, 1.165) is 0 Å². The molecule has 0 aliphatic rings. The Labute approximate surface area is 125 Å². The van der Waals surface area contributed by atoms with Crippen LogP contribution in [0.4, 0.5) is 21.6 Å². The molecule has 7 heteroatoms. The normalized spacial score (nSPS) is 10.2. The molecule has 110 valence electrons. The van der Waals surface area contributed by atoms with Crippen LogP contribution in [0.15, 0.2) is 30.5 Å². The average molecular weight is 310 g/mol. The molecule has 0 bridgehead atoms. The van der Waals surface area contributed by atoms with Crippen molar-refractivity contribution < 1.29 is 13.9 Å². The lowest BCUT2D eigenvalue weighted by atomic mass is 10.2. The maximum atomic E-state index is 13.2. The first kappa shape index (κ1) is 15.1. The molecule has 0 fully saturated rings. The van der Waals surface area contributed by atoms with Crippen LogP contribution in [0.5, 0.6) is 0 Å². The summed E-state index contributed by atoms with van der Waals surface area (Å²) < 4.78 is 18.1. The lowest BCUT2D eigenvalue weighted by Crippen LogP contribution is -2.09. The lowest BCUT2D eigenvalue weighted by Gasteiger charge is -2.10. The first-order valence-electron chi connectivity index (χ1n) is 6.16. The van der Waals surface area contributed by atoms with E-state index in [2.05, 4.69) is 10.3 Å². The number of ether oxygens (including phenoxy) is 1. The van der Waals surface area contributed by atoms with Crippen molar-refractivity contribution in [1.29, 1.82) is 0 Å². The zero-order valence-corrected chi connectivity index (χ0v) is 11.9. The van der Waals surface area contributed by atoms with E-state index in [-0.39, 0.29) is 17.9 Å². The minimum Gasteiger partial charge on any atom is -0.462 e. The molecule has 0 saturated carbocycles. The van der Waals surface area contributed by atoms with Gasteiger partial charge >= 0.3 is 5.97 Å². The van der Waals surface area contributed by atoms with E-state index >= 15 is 0 Å². The maximum absolute atomic E-state index is 13.2. The molecular formula is C14H13ClFN3O2. The van der Waals surface area contributed by atoms with Gasteiger partial charge in [-0.3, -0.25) is 0 Å². The fraction of sp³-hybridized carbons (Fsp3) is 0.143. The lowest BCUT2D eigenvalue weighted by molar-refractivity contribution is 0.0527. The van der Waals surface area contributed by atoms with Crippen LogP contribution in [0.1, 0.15) is 17.3 Å². The van der Waals surface area contributed by atoms with Crippen LogP contribution in [0, 0.1) is 5.82 Å². The SMILES string of the molecule is CCOC(=O)c1cc(Nc2cc(F)ccc2Cl)ncc1N. The topological polar surface area (TPSA) is 77.2 Å². The van der Waals surface area contributed by atoms with Crippen LogP contribution >= 0.6 is 11.6 Å². The number of nitrogens with zero attached hydrogens (tertiary/aromatic N) is 1. The van der Waals surface area contributed by atoms with E-state index in [1.165, 1.54) is 30.5 Å². The predicted octanol–water partition coefficient (Wildman–Crippen LogP) is 3.38. The van der Waals surface area contributed by atoms with Crippen LogP contribution in [-0.2, 0) is 4.74 Å². The third-order valence-corrected chi connectivity index (χ3v) is 2.95. The number of rotatable bonds is 4. The second-order valence-electron chi connectivity index (χ2n) is 4.13. The standard InChI is InChI=1S/C14H13ClFN3O2/c1-2-21-14(20)9-6-13(18-7-11(9)17)19-12-5-8(16)3-4-10(12)15/h3-7H,2,17H2,1H3,(H,18,19). The Balaban J connectivity index is 2.31. The van der Waals surface area contributed by atoms with Gasteiger partial charge in [0, 0.05) is 0 Å². The number of pyridine rings is 1. The van der Waals surface area contributed by atoms with Crippen molar-refractivity contribution in [3.05, 3.63) is 46.9 Å². The van der Waals surface area contributed by atoms with Gasteiger partial charge in [-0.25, -0.2) is 14.2 Å². The molecule has 0 aliphatic heterocycles. The third kappa shape index (κ3) is 3.61. The summed E-state index contributed by atoms with van der Waals surface area (Å²) in [6, 6.07) is 5.32. The quantitative estimate of drug-likeness (QED) is 0.847. The van der Waals surface area contributed by atoms with Crippen LogP contribution in [0.3, 0.4) is 0 Å². The largest absolute Gasteiger partial charge is 0.462 e. The molecule has 1 aromatic heterocycles. The van der Waals surface area contributed by atoms with Gasteiger partial charge in [0.15, 0.2) is 0 Å². The molecule has 0 aliphatic carbocycles. The highest BCUT2D eigenvalue weighted by Gasteiger charge is 2.13. The summed E-state index contributed by atoms with van der Waals surface area (Å²) in [6.45, 7) is 1.93. The zero-order valence-electron chi connectivity index (χ0n) is 11.2. The van der Waals surface area contributed by atoms with Gasteiger partial charge < -0.3 is 15.8 Å². The van der Waals surface area contributed by atoms with Crippen molar-refractivity contribution in [2.75, 3.05) is 17.7 Å². The van der Waals surface area contributed by atoms with Gasteiger partial charge in [0.05, 0.1) is 34.8 Å². The second kappa shape index (κ2) is 6.41. The molecule has 3 N–H and O–H groups in total. The fourth-order valence-corrected chi connectivity index (χ4v) is 1.82. The van der Waals surface area contributed by atoms with E-state index in [9.17, 15) is 9.18 Å². The Morgan fingerprint density at radius 3 is 2.95 bits per heavy atom. The van der Waals surface area contributed by atoms with Crippen molar-refractivity contribution >= 4 is 34.8 Å². The summed E-state index contributed by atoms with van der Waals surface area (Å²) in [7, 11) is 0. The first-order valence-corrected chi connectivity index (χ1v) is 6.53. The van der Waals surface area contributed by atoms with Crippen molar-refractivity contribution in [1.82, 2.24) is 4.98 Å². The van der Waals surface area contributed by atoms with E-state index in [4.69, 9.17) is 22.1 Å². The molecule has 1 heterocycles. The maximum Gasteiger partial charge on any atom is 0.340 e. The van der Waals surface area contributed by atoms with E-state index in [0.29, 0.717) is 16.5 Å². The zero-order chi connectivity index (χ0) is 15.4. The number of nitrogen functional groups attached to an aromatic ring is 1. The fourth-order valence-electron chi connectivity index (χ4n) is 1.65. The highest BCUT2D eigenvalue weighted by molar-refractivity contribution is 6.33. The summed E-state index contributed by atoms with van der Waals surface area (Å²) in [4.78, 5) is 15.8. The van der Waals surface area contributed by atoms with Crippen LogP contribution in [-0.4, -0.2) is 17.6 Å². The molecule has 0 saturated heterocycles. The van der Waals surface area contributed by atoms with Gasteiger partial charge in [-0.05, 0) is 31.2 Å². The predicted molar refractivity (Wildman–Crippen MR) is 79.3 cm³/mol. The number of aromatic nitrogens is 1. The van der Waals surface area contributed by atoms with Crippen molar-refractivity contribution in [3.63, 3.8) is 0 Å². The molecule has 2 rings (SSSR count). The molecule has 21 heavy (non-hydrogen) atoms. The number of benzene rings is 1. The number of anilines is 3. The van der Waals surface area contributed by atoms with E-state index < -0.39 is 11.8 Å². The summed E-state index contributed by atoms with van der Waals surface area (Å²) in [5, 5.41) is 3.16. The number of hydrogen-bond acceptors (Lipinski definition) is 5. The van der Waals surface area contributed by atoms with Crippen molar-refractivity contribution in [2.24, 2.45) is 0 Å². The van der Waals surface area contributed by atoms with Gasteiger partial charge in [-0.1, -0.05) is 11.6 Å². The molecule has 0 amide bonds. The number of nitrogens with one attached hydrogen (secondary N) is 1. The van der Waals surface area contributed by atoms with E-state index in [1.54, 1.807) is 6.92 Å². The number of esters is 1. The summed E-state index contributed by atoms with van der Waals surface area (Å²) >= 11 is 5.96. The minimum absolute atomic E-state index is 0.182. The number of halogens is 2. The van der Waals surface area contributed by atoms with Crippen LogP contribution in [0.25, 0.3) is 0 Å². The van der Waals surface area contributed by atoms with Crippen LogP contribution < -0.4 is 11.1 Å². The monoisotopic (exact) mass is 309 g/mol. The molecular weight excluding hydrogens is 297 g/mol. The Morgan fingerprint density at radius 1 is 1.48 bits per heavy atom. The summed E-state index contributed by atoms with van der Waals surface area (Å²) in [6.07, 6.45) is 1.32. The molecule has 0 spiro atoms. The number of hydrogen-bond donors (Lipinski definition) is 2. The van der Waals surface area contributed by atoms with Gasteiger partial charge in [0.25, 0.3) is 0 Å². The first-order chi connectivity index (χ1) is 10.0. The second-order valence-corrected chi connectivity index (χ2v) is 4.53. The minimum atomic E-state index is -0.550. The molecule has 5 nitrogen and oxygen atoms in total. The Morgan fingerprint density at radius 2 is 2.24 bits per heavy atom. The molecule has 1 aromatic carbocycles. The van der Waals surface area contributed by atoms with Crippen molar-refractivity contribution in [3.8, 4) is 0 Å². The van der Waals surface area contributed by atoms with Crippen LogP contribution in [0.2, 0.25) is 5.02 Å². The molecule has 2 aromatic rings. The molecule has 0 unspecified atom stereocenters. The molecule has 0 atom stereocenters. The third-order valence-electron chi connectivity index (χ3n) is 2.62. The van der Waals surface area contributed by atoms with Gasteiger partial charge in [0.2, 0.25) is 0 Å². The number of carbonyl (C=O) groups is 1. The Bertz CT molecular complexity index is 679. The van der Waals surface area contributed by atoms with Gasteiger partial charge in [0.1, 0.15) is 11.6 Å². The number of nitrogens with two attached hydrogens (primary N) is 1. The van der Waals surface area contributed by atoms with E-state index in [1.807, 2.05) is 0 Å². The summed E-state index contributed by atoms with van der Waals surface area (Å²) in [5.41, 5.74) is 6.41. The molecule has 0 radical (unpaired) electrons.